The lowest BCUT2D eigenvalue weighted by Crippen LogP contribution is -2.17. The molecule has 8 heteroatoms. The Balaban J connectivity index is 2.10. The van der Waals surface area contributed by atoms with Crippen LogP contribution in [-0.4, -0.2) is 41.9 Å². The maximum Gasteiger partial charge on any atom is 0.203 e. The van der Waals surface area contributed by atoms with Crippen molar-refractivity contribution in [2.24, 2.45) is 13.0 Å². The monoisotopic (exact) mass is 416 g/mol. The van der Waals surface area contributed by atoms with Gasteiger partial charge in [0.05, 0.1) is 7.11 Å². The summed E-state index contributed by atoms with van der Waals surface area (Å²) in [4.78, 5) is 0. The number of methoxy groups -OCH3 is 1. The van der Waals surface area contributed by atoms with Crippen LogP contribution in [-0.2, 0) is 24.5 Å². The predicted molar refractivity (Wildman–Crippen MR) is 115 cm³/mol. The molecule has 1 heterocycles. The highest BCUT2D eigenvalue weighted by molar-refractivity contribution is 7.69. The molecule has 0 saturated carbocycles. The summed E-state index contributed by atoms with van der Waals surface area (Å²) >= 11 is 0. The molecule has 7 nitrogen and oxygen atoms in total. The van der Waals surface area contributed by atoms with Gasteiger partial charge in [-0.1, -0.05) is 37.3 Å². The smallest absolute Gasteiger partial charge is 0.203 e. The topological polar surface area (TPSA) is 77.3 Å². The van der Waals surface area contributed by atoms with Crippen molar-refractivity contribution in [3.05, 3.63) is 52.6 Å². The van der Waals surface area contributed by atoms with Crippen LogP contribution in [0.1, 0.15) is 42.0 Å². The van der Waals surface area contributed by atoms with Gasteiger partial charge in [-0.15, -0.1) is 5.10 Å². The standard InChI is InChI=1S/C21H28N4O3S/c1-13(2)20(15-8-7-14(3)17(9-15)12-24(4)29(26)27)16-10-18-21(19(11-16)28-6)25(5)23-22-18/h7-11,13,20,29H,12H2,1-6H3. The number of hydrogen-bond acceptors (Lipinski definition) is 5. The van der Waals surface area contributed by atoms with Gasteiger partial charge in [-0.3, -0.25) is 0 Å². The number of nitrogens with zero attached hydrogens (tertiary/aromatic N) is 4. The Kier molecular flexibility index (Phi) is 6.24. The van der Waals surface area contributed by atoms with Gasteiger partial charge in [0.1, 0.15) is 16.8 Å². The minimum atomic E-state index is -2.60. The van der Waals surface area contributed by atoms with Crippen LogP contribution in [0.15, 0.2) is 30.3 Å². The van der Waals surface area contributed by atoms with E-state index in [9.17, 15) is 8.42 Å². The van der Waals surface area contributed by atoms with Gasteiger partial charge < -0.3 is 4.74 Å². The Morgan fingerprint density at radius 3 is 2.52 bits per heavy atom. The lowest BCUT2D eigenvalue weighted by molar-refractivity contribution is 0.416. The molecule has 1 unspecified atom stereocenters. The van der Waals surface area contributed by atoms with Crippen LogP contribution in [0, 0.1) is 12.8 Å². The number of benzene rings is 2. The van der Waals surface area contributed by atoms with E-state index in [1.54, 1.807) is 18.8 Å². The average molecular weight is 417 g/mol. The molecule has 0 amide bonds. The Morgan fingerprint density at radius 2 is 1.90 bits per heavy atom. The van der Waals surface area contributed by atoms with Crippen LogP contribution >= 0.6 is 0 Å². The van der Waals surface area contributed by atoms with E-state index in [-0.39, 0.29) is 5.92 Å². The van der Waals surface area contributed by atoms with Crippen molar-refractivity contribution < 1.29 is 13.2 Å². The number of ether oxygens (including phenoxy) is 1. The first-order valence-corrected chi connectivity index (χ1v) is 10.7. The van der Waals surface area contributed by atoms with Crippen molar-refractivity contribution in [3.63, 3.8) is 0 Å². The SMILES string of the molecule is COc1cc(C(c2ccc(C)c(CN(C)[SH](=O)=O)c2)C(C)C)cc2nnn(C)c12. The molecule has 29 heavy (non-hydrogen) atoms. The zero-order chi connectivity index (χ0) is 21.3. The van der Waals surface area contributed by atoms with E-state index < -0.39 is 10.9 Å². The van der Waals surface area contributed by atoms with Gasteiger partial charge >= 0.3 is 0 Å². The van der Waals surface area contributed by atoms with Gasteiger partial charge in [0, 0.05) is 26.6 Å². The second kappa shape index (κ2) is 8.51. The Labute approximate surface area is 173 Å². The fraction of sp³-hybridized carbons (Fsp3) is 0.429. The molecule has 0 aliphatic carbocycles. The fourth-order valence-electron chi connectivity index (χ4n) is 3.83. The first kappa shape index (κ1) is 21.3. The van der Waals surface area contributed by atoms with Crippen molar-refractivity contribution in [3.8, 4) is 5.75 Å². The molecule has 0 bridgehead atoms. The van der Waals surface area contributed by atoms with Crippen LogP contribution in [0.25, 0.3) is 11.0 Å². The number of hydrogen-bond donors (Lipinski definition) is 1. The fourth-order valence-corrected chi connectivity index (χ4v) is 4.10. The van der Waals surface area contributed by atoms with E-state index in [0.29, 0.717) is 12.5 Å². The molecule has 1 atom stereocenters. The Hall–Kier alpha value is -2.45. The number of rotatable bonds is 7. The second-order valence-electron chi connectivity index (χ2n) is 7.77. The third kappa shape index (κ3) is 4.28. The molecular weight excluding hydrogens is 388 g/mol. The first-order chi connectivity index (χ1) is 13.7. The van der Waals surface area contributed by atoms with Crippen LogP contribution in [0.5, 0.6) is 5.75 Å². The van der Waals surface area contributed by atoms with E-state index in [1.165, 1.54) is 4.31 Å². The molecule has 0 N–H and O–H groups in total. The summed E-state index contributed by atoms with van der Waals surface area (Å²) in [6.45, 7) is 6.72. The van der Waals surface area contributed by atoms with Crippen molar-refractivity contribution in [1.82, 2.24) is 19.3 Å². The minimum Gasteiger partial charge on any atom is -0.494 e. The normalized spacial score (nSPS) is 13.0. The summed E-state index contributed by atoms with van der Waals surface area (Å²) in [6, 6.07) is 10.4. The van der Waals surface area contributed by atoms with E-state index in [4.69, 9.17) is 4.74 Å². The van der Waals surface area contributed by atoms with Crippen molar-refractivity contribution in [1.29, 1.82) is 0 Å². The van der Waals surface area contributed by atoms with E-state index in [0.717, 1.165) is 39.0 Å². The number of thiol groups is 1. The summed E-state index contributed by atoms with van der Waals surface area (Å²) < 4.78 is 31.3. The summed E-state index contributed by atoms with van der Waals surface area (Å²) in [5.74, 6) is 1.17. The molecule has 0 fully saturated rings. The molecule has 3 aromatic rings. The van der Waals surface area contributed by atoms with Gasteiger partial charge in [0.25, 0.3) is 0 Å². The molecule has 0 aliphatic rings. The number of aryl methyl sites for hydroxylation is 2. The second-order valence-corrected chi connectivity index (χ2v) is 8.92. The van der Waals surface area contributed by atoms with E-state index in [2.05, 4.69) is 54.5 Å². The summed E-state index contributed by atoms with van der Waals surface area (Å²) in [5, 5.41) is 8.39. The molecule has 0 aliphatic heterocycles. The van der Waals surface area contributed by atoms with Gasteiger partial charge in [-0.05, 0) is 47.2 Å². The maximum atomic E-state index is 11.3. The average Bonchev–Trinajstić information content (AvgIpc) is 3.04. The van der Waals surface area contributed by atoms with Crippen LogP contribution < -0.4 is 4.74 Å². The molecule has 0 saturated heterocycles. The third-order valence-electron chi connectivity index (χ3n) is 5.34. The number of fused-ring (bicyclic) bond motifs is 1. The van der Waals surface area contributed by atoms with E-state index in [1.807, 2.05) is 14.0 Å². The summed E-state index contributed by atoms with van der Waals surface area (Å²) in [7, 11) is 2.48. The first-order valence-electron chi connectivity index (χ1n) is 9.55. The quantitative estimate of drug-likeness (QED) is 0.599. The Bertz CT molecular complexity index is 1100. The summed E-state index contributed by atoms with van der Waals surface area (Å²) in [6.07, 6.45) is 0. The molecule has 1 aromatic heterocycles. The lowest BCUT2D eigenvalue weighted by atomic mass is 9.81. The highest BCUT2D eigenvalue weighted by Gasteiger charge is 2.22. The van der Waals surface area contributed by atoms with Crippen LogP contribution in [0.4, 0.5) is 0 Å². The molecule has 0 radical (unpaired) electrons. The van der Waals surface area contributed by atoms with Crippen LogP contribution in [0.3, 0.4) is 0 Å². The van der Waals surface area contributed by atoms with Gasteiger partial charge in [0.2, 0.25) is 10.9 Å². The van der Waals surface area contributed by atoms with Crippen molar-refractivity contribution in [2.75, 3.05) is 14.2 Å². The number of aromatic nitrogens is 3. The summed E-state index contributed by atoms with van der Waals surface area (Å²) in [5.41, 5.74) is 5.97. The highest BCUT2D eigenvalue weighted by Crippen LogP contribution is 2.37. The predicted octanol–water partition coefficient (Wildman–Crippen LogP) is 3.03. The van der Waals surface area contributed by atoms with E-state index >= 15 is 0 Å². The maximum absolute atomic E-state index is 11.3. The zero-order valence-electron chi connectivity index (χ0n) is 17.7. The minimum absolute atomic E-state index is 0.112. The molecule has 2 aromatic carbocycles. The van der Waals surface area contributed by atoms with Gasteiger partial charge in [-0.2, -0.15) is 0 Å². The van der Waals surface area contributed by atoms with Gasteiger partial charge in [0.15, 0.2) is 0 Å². The van der Waals surface area contributed by atoms with Crippen LogP contribution in [0.2, 0.25) is 0 Å². The van der Waals surface area contributed by atoms with Crippen molar-refractivity contribution >= 4 is 21.9 Å². The lowest BCUT2D eigenvalue weighted by Gasteiger charge is -2.24. The Morgan fingerprint density at radius 1 is 1.17 bits per heavy atom. The molecular formula is C21H28N4O3S. The third-order valence-corrected chi connectivity index (χ3v) is 6.04. The largest absolute Gasteiger partial charge is 0.494 e. The zero-order valence-corrected chi connectivity index (χ0v) is 18.6. The van der Waals surface area contributed by atoms with Crippen molar-refractivity contribution in [2.45, 2.75) is 33.2 Å². The molecule has 0 spiro atoms. The molecule has 156 valence electrons. The highest BCUT2D eigenvalue weighted by atomic mass is 32.2. The molecule has 3 rings (SSSR count). The van der Waals surface area contributed by atoms with Gasteiger partial charge in [-0.25, -0.2) is 17.4 Å².